The van der Waals surface area contributed by atoms with Crippen LogP contribution in [0.4, 0.5) is 0 Å². The number of benzene rings is 3. The molecule has 2 heterocycles. The Morgan fingerprint density at radius 1 is 0.298 bits per heavy atom. The van der Waals surface area contributed by atoms with E-state index < -0.39 is 0 Å². The molecule has 0 N–H and O–H groups in total. The van der Waals surface area contributed by atoms with E-state index in [0.29, 0.717) is 0 Å². The van der Waals surface area contributed by atoms with E-state index >= 15 is 0 Å². The van der Waals surface area contributed by atoms with Gasteiger partial charge < -0.3 is 0 Å². The Morgan fingerprint density at radius 2 is 0.536 bits per heavy atom. The van der Waals surface area contributed by atoms with Crippen molar-refractivity contribution < 1.29 is 9.26 Å². The Kier molecular flexibility index (Phi) is 32.6. The van der Waals surface area contributed by atoms with Gasteiger partial charge in [0.15, 0.2) is 0 Å². The lowest BCUT2D eigenvalue weighted by atomic mass is 9.68. The Morgan fingerprint density at radius 3 is 0.833 bits per heavy atom. The second kappa shape index (κ2) is 39.6. The van der Waals surface area contributed by atoms with Gasteiger partial charge in [-0.3, -0.25) is 0 Å². The summed E-state index contributed by atoms with van der Waals surface area (Å²) in [5, 5.41) is 18.9. The zero-order valence-corrected chi connectivity index (χ0v) is 58.2. The van der Waals surface area contributed by atoms with Gasteiger partial charge in [0.05, 0.1) is 0 Å². The van der Waals surface area contributed by atoms with Crippen LogP contribution in [-0.4, -0.2) is 20.6 Å². The largest absolute Gasteiger partial charge is 0.243 e. The highest BCUT2D eigenvalue weighted by Gasteiger charge is 2.50. The van der Waals surface area contributed by atoms with Crippen LogP contribution < -0.4 is 0 Å². The summed E-state index contributed by atoms with van der Waals surface area (Å²) in [6.45, 7) is 9.29. The minimum atomic E-state index is -0.146. The van der Waals surface area contributed by atoms with Gasteiger partial charge in [-0.1, -0.05) is 336 Å². The molecule has 470 valence electrons. The van der Waals surface area contributed by atoms with Crippen molar-refractivity contribution in [2.24, 2.45) is 0 Å². The molecule has 5 aromatic rings. The number of unbranched alkanes of at least 4 members (excludes halogenated alkanes) is 44. The SMILES string of the molecule is CCCCCCCCCCCCCCC1(CCCCCCCCCCCCCC)c2cc3c(cc2-c2c1cc(Br)c1nonc21)C(CCCCCCCCCCCCCC)(CCCCCCCCCCCCCC)c1cc(I)c2nonc2c1-3. The third-order valence-corrected chi connectivity index (χ3v) is 22.0. The van der Waals surface area contributed by atoms with E-state index in [9.17, 15) is 0 Å². The van der Waals surface area contributed by atoms with Crippen LogP contribution >= 0.6 is 38.5 Å². The van der Waals surface area contributed by atoms with Crippen molar-refractivity contribution in [3.05, 3.63) is 54.6 Å². The summed E-state index contributed by atoms with van der Waals surface area (Å²) in [5.74, 6) is 0. The first-order valence-corrected chi connectivity index (χ1v) is 38.4. The average molecular weight is 1330 g/mol. The van der Waals surface area contributed by atoms with E-state index in [1.165, 1.54) is 353 Å². The van der Waals surface area contributed by atoms with Gasteiger partial charge in [0.1, 0.15) is 22.1 Å². The smallest absolute Gasteiger partial charge is 0.150 e. The molecule has 0 spiro atoms. The van der Waals surface area contributed by atoms with E-state index in [0.717, 1.165) is 55.8 Å². The van der Waals surface area contributed by atoms with Gasteiger partial charge >= 0.3 is 0 Å². The van der Waals surface area contributed by atoms with Crippen LogP contribution in [0.25, 0.3) is 44.3 Å². The van der Waals surface area contributed by atoms with Crippen LogP contribution in [0, 0.1) is 3.57 Å². The molecule has 2 aromatic heterocycles. The molecule has 7 rings (SSSR count). The molecule has 0 amide bonds. The molecule has 0 atom stereocenters. The lowest BCUT2D eigenvalue weighted by Gasteiger charge is -2.35. The van der Waals surface area contributed by atoms with E-state index in [1.54, 1.807) is 0 Å². The maximum absolute atomic E-state index is 5.76. The normalized spacial score (nSPS) is 13.9. The molecule has 0 aliphatic heterocycles. The minimum absolute atomic E-state index is 0.128. The second-order valence-electron chi connectivity index (χ2n) is 27.1. The van der Waals surface area contributed by atoms with Gasteiger partial charge in [0.25, 0.3) is 0 Å². The molecule has 0 bridgehead atoms. The van der Waals surface area contributed by atoms with Crippen LogP contribution in [-0.2, 0) is 10.8 Å². The predicted molar refractivity (Wildman–Crippen MR) is 373 cm³/mol. The van der Waals surface area contributed by atoms with Gasteiger partial charge in [-0.15, -0.1) is 0 Å². The van der Waals surface area contributed by atoms with Crippen LogP contribution in [0.5, 0.6) is 0 Å². The van der Waals surface area contributed by atoms with Crippen molar-refractivity contribution in [1.29, 1.82) is 0 Å². The third-order valence-electron chi connectivity index (χ3n) is 20.6. The second-order valence-corrected chi connectivity index (χ2v) is 29.2. The van der Waals surface area contributed by atoms with Crippen molar-refractivity contribution in [2.45, 2.75) is 372 Å². The van der Waals surface area contributed by atoms with E-state index in [2.05, 4.69) is 101 Å². The number of hydrogen-bond acceptors (Lipinski definition) is 6. The Bertz CT molecular complexity index is 2350. The van der Waals surface area contributed by atoms with Crippen molar-refractivity contribution in [2.75, 3.05) is 0 Å². The first-order valence-electron chi connectivity index (χ1n) is 36.6. The number of hydrogen-bond donors (Lipinski definition) is 0. The quantitative estimate of drug-likeness (QED) is 0.0285. The summed E-state index contributed by atoms with van der Waals surface area (Å²) < 4.78 is 13.7. The van der Waals surface area contributed by atoms with E-state index in [-0.39, 0.29) is 10.8 Å². The highest BCUT2D eigenvalue weighted by Crippen LogP contribution is 2.63. The number of rotatable bonds is 52. The molecule has 8 heteroatoms. The van der Waals surface area contributed by atoms with Gasteiger partial charge in [-0.2, -0.15) is 0 Å². The Labute approximate surface area is 535 Å². The third kappa shape index (κ3) is 19.8. The summed E-state index contributed by atoms with van der Waals surface area (Å²) in [5.41, 5.74) is 14.7. The average Bonchev–Trinajstić information content (AvgIpc) is 1.54. The lowest BCUT2D eigenvalue weighted by molar-refractivity contribution is 0.315. The molecule has 3 aromatic carbocycles. The molecule has 0 saturated carbocycles. The van der Waals surface area contributed by atoms with Gasteiger partial charge in [0, 0.05) is 30.0 Å². The highest BCUT2D eigenvalue weighted by atomic mass is 127. The van der Waals surface area contributed by atoms with Gasteiger partial charge in [-0.05, 0) is 142 Å². The van der Waals surface area contributed by atoms with Crippen molar-refractivity contribution >= 4 is 60.6 Å². The topological polar surface area (TPSA) is 77.8 Å². The van der Waals surface area contributed by atoms with Gasteiger partial charge in [0.2, 0.25) is 0 Å². The van der Waals surface area contributed by atoms with Gasteiger partial charge in [-0.25, -0.2) is 9.26 Å². The lowest BCUT2D eigenvalue weighted by Crippen LogP contribution is -2.27. The Balaban J connectivity index is 1.19. The standard InChI is InChI=1S/C76H120BrIN4O2/c1-5-9-13-17-21-25-29-33-37-41-45-49-53-75(54-50-46-42-38-34-30-26-22-18-14-10-6-2)63-58-62-64(57-61(63)69-65(75)59-67(77)71-73(69)81-83-79-71)76(66-60-68(78)72-74(70(62)66)82-84-80-72,55-51-47-43-39-35-31-27-23-19-15-11-7-3)56-52-48-44-40-36-32-28-24-20-16-12-8-4/h57-60H,5-56H2,1-4H3. The van der Waals surface area contributed by atoms with Crippen molar-refractivity contribution in [1.82, 2.24) is 20.6 Å². The number of halogens is 2. The fraction of sp³-hybridized carbons (Fsp3) is 0.763. The minimum Gasteiger partial charge on any atom is -0.243 e. The number of nitrogens with zero attached hydrogens (tertiary/aromatic N) is 4. The molecule has 6 nitrogen and oxygen atoms in total. The molecule has 0 radical (unpaired) electrons. The van der Waals surface area contributed by atoms with Crippen LogP contribution in [0.3, 0.4) is 0 Å². The zero-order chi connectivity index (χ0) is 58.9. The van der Waals surface area contributed by atoms with Crippen LogP contribution in [0.1, 0.15) is 384 Å². The summed E-state index contributed by atoms with van der Waals surface area (Å²) in [6, 6.07) is 10.5. The van der Waals surface area contributed by atoms with Crippen LogP contribution in [0.2, 0.25) is 0 Å². The monoisotopic (exact) mass is 1330 g/mol. The first kappa shape index (κ1) is 69.1. The van der Waals surface area contributed by atoms with Crippen molar-refractivity contribution in [3.63, 3.8) is 0 Å². The predicted octanol–water partition coefficient (Wildman–Crippen LogP) is 27.0. The highest BCUT2D eigenvalue weighted by molar-refractivity contribution is 14.1. The van der Waals surface area contributed by atoms with E-state index in [1.807, 2.05) is 0 Å². The molecule has 2 aliphatic carbocycles. The molecule has 0 saturated heterocycles. The number of fused-ring (bicyclic) bond motifs is 10. The molecular weight excluding hydrogens is 1210 g/mol. The fourth-order valence-corrected chi connectivity index (χ4v) is 16.8. The molecule has 2 aliphatic rings. The summed E-state index contributed by atoms with van der Waals surface area (Å²) in [6.07, 6.45) is 70.0. The molecule has 84 heavy (non-hydrogen) atoms. The fourth-order valence-electron chi connectivity index (χ4n) is 15.6. The van der Waals surface area contributed by atoms with Crippen LogP contribution in [0.15, 0.2) is 38.0 Å². The molecule has 0 unspecified atom stereocenters. The summed E-state index contributed by atoms with van der Waals surface area (Å²) in [7, 11) is 0. The maximum Gasteiger partial charge on any atom is 0.150 e. The number of aromatic nitrogens is 4. The summed E-state index contributed by atoms with van der Waals surface area (Å²) in [4.78, 5) is 0. The zero-order valence-electron chi connectivity index (χ0n) is 54.4. The van der Waals surface area contributed by atoms with Crippen molar-refractivity contribution in [3.8, 4) is 22.3 Å². The Hall–Kier alpha value is -2.33. The molecule has 0 fully saturated rings. The van der Waals surface area contributed by atoms with E-state index in [4.69, 9.17) is 19.6 Å². The maximum atomic E-state index is 5.76. The summed E-state index contributed by atoms with van der Waals surface area (Å²) >= 11 is 6.63. The molecular formula is C76H120BrIN4O2. The first-order chi connectivity index (χ1) is 41.5.